The third-order valence-electron chi connectivity index (χ3n) is 7.94. The van der Waals surface area contributed by atoms with Crippen LogP contribution in [0.15, 0.2) is 29.1 Å². The smallest absolute Gasteiger partial charge is 0.301 e. The fourth-order valence-corrected chi connectivity index (χ4v) is 6.08. The van der Waals surface area contributed by atoms with Crippen LogP contribution in [0.25, 0.3) is 10.9 Å². The van der Waals surface area contributed by atoms with Crippen LogP contribution in [0, 0.1) is 23.2 Å². The second-order valence-corrected chi connectivity index (χ2v) is 11.6. The van der Waals surface area contributed by atoms with Crippen molar-refractivity contribution in [1.29, 1.82) is 5.26 Å². The number of benzene rings is 1. The summed E-state index contributed by atoms with van der Waals surface area (Å²) in [5.41, 5.74) is 7.49. The van der Waals surface area contributed by atoms with Gasteiger partial charge in [-0.3, -0.25) is 4.79 Å². The van der Waals surface area contributed by atoms with Gasteiger partial charge in [0.1, 0.15) is 11.9 Å². The van der Waals surface area contributed by atoms with E-state index in [1.807, 2.05) is 4.90 Å². The van der Waals surface area contributed by atoms with E-state index < -0.39 is 24.1 Å². The maximum atomic E-state index is 15.0. The first-order valence-electron chi connectivity index (χ1n) is 13.4. The van der Waals surface area contributed by atoms with Crippen molar-refractivity contribution in [3.05, 3.63) is 45.2 Å². The van der Waals surface area contributed by atoms with E-state index in [4.69, 9.17) is 27.1 Å². The summed E-state index contributed by atoms with van der Waals surface area (Å²) in [5, 5.41) is 16.8. The molecule has 1 saturated carbocycles. The van der Waals surface area contributed by atoms with E-state index >= 15 is 0 Å². The van der Waals surface area contributed by atoms with Gasteiger partial charge in [-0.25, -0.2) is 13.8 Å². The molecular weight excluding hydrogens is 540 g/mol. The molecule has 3 aliphatic rings. The van der Waals surface area contributed by atoms with E-state index in [0.29, 0.717) is 65.6 Å². The Morgan fingerprint density at radius 2 is 2.08 bits per heavy atom. The molecule has 0 amide bonds. The number of aryl methyl sites for hydroxylation is 1. The van der Waals surface area contributed by atoms with Gasteiger partial charge in [0.25, 0.3) is 5.56 Å². The lowest BCUT2D eigenvalue weighted by Gasteiger charge is -2.36. The molecule has 2 fully saturated rings. The molecule has 1 aromatic carbocycles. The number of hydrogen-bond donors (Lipinski definition) is 3. The molecule has 4 N–H and O–H groups in total. The Balaban J connectivity index is 1.41. The molecule has 2 aliphatic heterocycles. The van der Waals surface area contributed by atoms with Gasteiger partial charge in [-0.2, -0.15) is 5.26 Å². The van der Waals surface area contributed by atoms with E-state index in [1.54, 1.807) is 31.3 Å². The minimum atomic E-state index is -3.13. The first-order valence-corrected chi connectivity index (χ1v) is 13.8. The van der Waals surface area contributed by atoms with Crippen LogP contribution >= 0.6 is 11.6 Å². The average molecular weight is 570 g/mol. The van der Waals surface area contributed by atoms with Crippen LogP contribution < -0.4 is 31.6 Å². The average Bonchev–Trinajstić information content (AvgIpc) is 3.75. The first-order chi connectivity index (χ1) is 19.1. The van der Waals surface area contributed by atoms with Gasteiger partial charge in [-0.1, -0.05) is 18.5 Å². The van der Waals surface area contributed by atoms with E-state index in [9.17, 15) is 18.8 Å². The van der Waals surface area contributed by atoms with Crippen molar-refractivity contribution in [2.24, 2.45) is 24.6 Å². The third-order valence-corrected chi connectivity index (χ3v) is 8.23. The quantitative estimate of drug-likeness (QED) is 0.417. The molecule has 0 spiro atoms. The highest BCUT2D eigenvalue weighted by Gasteiger charge is 2.51. The summed E-state index contributed by atoms with van der Waals surface area (Å²) >= 11 is 6.54. The van der Waals surface area contributed by atoms with Crippen LogP contribution in [0.2, 0.25) is 5.02 Å². The number of nitrogens with zero attached hydrogens (tertiary/aromatic N) is 4. The van der Waals surface area contributed by atoms with Crippen molar-refractivity contribution < 1.29 is 13.5 Å². The van der Waals surface area contributed by atoms with E-state index in [-0.39, 0.29) is 28.4 Å². The van der Waals surface area contributed by atoms with E-state index in [2.05, 4.69) is 23.6 Å². The van der Waals surface area contributed by atoms with Gasteiger partial charge in [-0.05, 0) is 55.4 Å². The molecule has 2 aromatic heterocycles. The first kappa shape index (κ1) is 26.6. The molecule has 40 heavy (non-hydrogen) atoms. The number of nitrogens with one attached hydrogen (secondary N) is 2. The van der Waals surface area contributed by atoms with Gasteiger partial charge < -0.3 is 30.6 Å². The predicted octanol–water partition coefficient (Wildman–Crippen LogP) is 4.59. The molecule has 3 atom stereocenters. The monoisotopic (exact) mass is 569 g/mol. The number of alkyl halides is 2. The fourth-order valence-electron chi connectivity index (χ4n) is 5.89. The highest BCUT2D eigenvalue weighted by Crippen LogP contribution is 2.45. The number of hydrogen-bond acceptors (Lipinski definition) is 8. The second kappa shape index (κ2) is 9.78. The maximum absolute atomic E-state index is 15.0. The lowest BCUT2D eigenvalue weighted by Crippen LogP contribution is -2.47. The summed E-state index contributed by atoms with van der Waals surface area (Å²) in [7, 11) is 1.58. The number of fused-ring (bicyclic) bond motifs is 3. The number of aromatic nitrogens is 2. The van der Waals surface area contributed by atoms with Crippen LogP contribution in [0.4, 0.5) is 31.8 Å². The number of halogens is 3. The SMILES string of the molecule is C[C@H]1C[C@@H](N)CN(c2nc(Nc3ccc4c(c3)c3c(c(=O)n4C)OCC(F)(F)[C@H](C4CC4)N3)c(Cl)cc2C#N)C1. The molecule has 0 radical (unpaired) electrons. The Morgan fingerprint density at radius 3 is 2.77 bits per heavy atom. The zero-order valence-corrected chi connectivity index (χ0v) is 22.9. The minimum absolute atomic E-state index is 0.0341. The van der Waals surface area contributed by atoms with Gasteiger partial charge in [0.05, 0.1) is 27.8 Å². The lowest BCUT2D eigenvalue weighted by atomic mass is 9.96. The van der Waals surface area contributed by atoms with Crippen molar-refractivity contribution >= 4 is 45.5 Å². The zero-order valence-electron chi connectivity index (χ0n) is 22.2. The molecule has 210 valence electrons. The van der Waals surface area contributed by atoms with Gasteiger partial charge in [0, 0.05) is 37.3 Å². The summed E-state index contributed by atoms with van der Waals surface area (Å²) in [4.78, 5) is 19.8. The number of anilines is 4. The Morgan fingerprint density at radius 1 is 1.30 bits per heavy atom. The molecule has 12 heteroatoms. The summed E-state index contributed by atoms with van der Waals surface area (Å²) in [5.74, 6) is -2.26. The number of rotatable bonds is 4. The summed E-state index contributed by atoms with van der Waals surface area (Å²) in [6.45, 7) is 2.53. The van der Waals surface area contributed by atoms with E-state index in [0.717, 1.165) is 6.42 Å². The summed E-state index contributed by atoms with van der Waals surface area (Å²) in [6.07, 6.45) is 2.29. The van der Waals surface area contributed by atoms with Crippen molar-refractivity contribution in [2.45, 2.75) is 44.2 Å². The van der Waals surface area contributed by atoms with Crippen molar-refractivity contribution in [1.82, 2.24) is 9.55 Å². The highest BCUT2D eigenvalue weighted by atomic mass is 35.5. The Bertz CT molecular complexity index is 1590. The van der Waals surface area contributed by atoms with Crippen LogP contribution in [0.3, 0.4) is 0 Å². The summed E-state index contributed by atoms with van der Waals surface area (Å²) in [6, 6.07) is 7.84. The van der Waals surface area contributed by atoms with Crippen LogP contribution in [-0.2, 0) is 7.05 Å². The number of nitriles is 1. The minimum Gasteiger partial charge on any atom is -0.480 e. The molecule has 0 unspecified atom stereocenters. The van der Waals surface area contributed by atoms with Crippen molar-refractivity contribution in [2.75, 3.05) is 35.2 Å². The lowest BCUT2D eigenvalue weighted by molar-refractivity contribution is -0.0579. The van der Waals surface area contributed by atoms with Crippen LogP contribution in [-0.4, -0.2) is 47.3 Å². The number of nitrogens with two attached hydrogens (primary N) is 1. The second-order valence-electron chi connectivity index (χ2n) is 11.2. The zero-order chi connectivity index (χ0) is 28.3. The normalized spacial score (nSPS) is 23.9. The maximum Gasteiger partial charge on any atom is 0.301 e. The largest absolute Gasteiger partial charge is 0.480 e. The third kappa shape index (κ3) is 4.69. The molecule has 4 heterocycles. The van der Waals surface area contributed by atoms with Crippen LogP contribution in [0.5, 0.6) is 5.75 Å². The van der Waals surface area contributed by atoms with Crippen molar-refractivity contribution in [3.63, 3.8) is 0 Å². The molecule has 6 rings (SSSR count). The predicted molar refractivity (Wildman–Crippen MR) is 151 cm³/mol. The molecule has 3 aromatic rings. The highest BCUT2D eigenvalue weighted by molar-refractivity contribution is 6.33. The standard InChI is InChI=1S/C28H30ClF2N7O2/c1-14-7-17(33)12-38(11-14)26-16(10-32)8-20(29)25(36-26)34-18-5-6-21-19(9-18)22-23(27(39)37(21)2)40-13-28(30,31)24(35-22)15-3-4-15/h5-6,8-9,14-15,17,24,35H,3-4,7,11-13,33H2,1-2H3,(H,34,36)/t14-,17+,24-/m0/s1. The van der Waals surface area contributed by atoms with Crippen molar-refractivity contribution in [3.8, 4) is 11.8 Å². The summed E-state index contributed by atoms with van der Waals surface area (Å²) < 4.78 is 36.8. The molecule has 0 bridgehead atoms. The fraction of sp³-hybridized carbons (Fsp3) is 0.464. The number of pyridine rings is 2. The van der Waals surface area contributed by atoms with Crippen LogP contribution in [0.1, 0.15) is 31.7 Å². The van der Waals surface area contributed by atoms with Gasteiger partial charge >= 0.3 is 5.92 Å². The molecular formula is C28H30ClF2N7O2. The Hall–Kier alpha value is -3.62. The topological polar surface area (TPSA) is 121 Å². The number of ether oxygens (including phenoxy) is 1. The molecule has 1 aliphatic carbocycles. The van der Waals surface area contributed by atoms with E-state index in [1.165, 1.54) is 4.57 Å². The van der Waals surface area contributed by atoms with Gasteiger partial charge in [0.2, 0.25) is 5.75 Å². The Kier molecular flexibility index (Phi) is 6.50. The number of piperidine rings is 1. The Labute approximate surface area is 234 Å². The van der Waals surface area contributed by atoms with Gasteiger partial charge in [-0.15, -0.1) is 0 Å². The molecule has 1 saturated heterocycles. The molecule has 9 nitrogen and oxygen atoms in total. The van der Waals surface area contributed by atoms with Gasteiger partial charge in [0.15, 0.2) is 12.4 Å².